The van der Waals surface area contributed by atoms with Crippen LogP contribution in [-0.4, -0.2) is 37.9 Å². The number of carbonyl (C=O) groups excluding carboxylic acids is 3. The van der Waals surface area contributed by atoms with Crippen LogP contribution in [0.3, 0.4) is 0 Å². The Balaban J connectivity index is 1.35. The van der Waals surface area contributed by atoms with Gasteiger partial charge in [-0.25, -0.2) is 9.78 Å². The molecule has 1 aliphatic heterocycles. The molecule has 1 saturated carbocycles. The third-order valence-electron chi connectivity index (χ3n) is 6.36. The molecule has 2 aliphatic carbocycles. The van der Waals surface area contributed by atoms with E-state index in [1.54, 1.807) is 11.3 Å². The summed E-state index contributed by atoms with van der Waals surface area (Å²) in [6.07, 6.45) is 9.24. The highest BCUT2D eigenvalue weighted by atomic mass is 32.1. The molecule has 2 aromatic heterocycles. The van der Waals surface area contributed by atoms with Crippen LogP contribution in [0.1, 0.15) is 55.4 Å². The first kappa shape index (κ1) is 19.2. The van der Waals surface area contributed by atoms with Crippen LogP contribution < -0.4 is 16.3 Å². The molecule has 3 aliphatic rings. The molecular weight excluding hydrogens is 406 g/mol. The lowest BCUT2D eigenvalue weighted by Crippen LogP contribution is -2.51. The lowest BCUT2D eigenvalue weighted by molar-refractivity contribution is -0.140. The van der Waals surface area contributed by atoms with Gasteiger partial charge in [-0.2, -0.15) is 5.01 Å². The average molecular weight is 430 g/mol. The first-order chi connectivity index (χ1) is 14.5. The Kier molecular flexibility index (Phi) is 4.61. The normalized spacial score (nSPS) is 20.5. The van der Waals surface area contributed by atoms with Crippen molar-refractivity contribution < 1.29 is 14.4 Å². The number of urea groups is 1. The van der Waals surface area contributed by atoms with Crippen LogP contribution in [0, 0.1) is 0 Å². The molecule has 0 aromatic carbocycles. The summed E-state index contributed by atoms with van der Waals surface area (Å²) in [4.78, 5) is 57.0. The number of thiophene rings is 1. The van der Waals surface area contributed by atoms with Crippen molar-refractivity contribution in [2.24, 2.45) is 0 Å². The number of amides is 4. The highest BCUT2D eigenvalue weighted by Crippen LogP contribution is 2.34. The Labute approximate surface area is 176 Å². The van der Waals surface area contributed by atoms with E-state index in [9.17, 15) is 19.2 Å². The maximum absolute atomic E-state index is 13.0. The summed E-state index contributed by atoms with van der Waals surface area (Å²) in [5.74, 6) is -1.04. The maximum atomic E-state index is 13.0. The maximum Gasteiger partial charge on any atom is 0.344 e. The number of nitrogens with one attached hydrogen (secondary N) is 2. The standard InChI is InChI=1S/C20H23N5O4S/c26-14(23-25-18(28)20(22-19(25)29)8-4-1-5-9-20)10-24-11-21-16-15(17(24)27)12-6-2-3-7-13(12)30-16/h11H,1-10H2,(H,22,29)(H,23,26). The summed E-state index contributed by atoms with van der Waals surface area (Å²) in [7, 11) is 0. The monoisotopic (exact) mass is 429 g/mol. The Morgan fingerprint density at radius 1 is 1.13 bits per heavy atom. The fourth-order valence-corrected chi connectivity index (χ4v) is 6.04. The molecule has 2 fully saturated rings. The molecule has 0 radical (unpaired) electrons. The fourth-order valence-electron chi connectivity index (χ4n) is 4.82. The first-order valence-electron chi connectivity index (χ1n) is 10.4. The van der Waals surface area contributed by atoms with Crippen LogP contribution >= 0.6 is 11.3 Å². The van der Waals surface area contributed by atoms with Crippen LogP contribution in [0.25, 0.3) is 10.2 Å². The molecule has 4 amide bonds. The largest absolute Gasteiger partial charge is 0.344 e. The molecule has 1 saturated heterocycles. The second kappa shape index (κ2) is 7.19. The van der Waals surface area contributed by atoms with Gasteiger partial charge in [0, 0.05) is 4.88 Å². The number of aryl methyl sites for hydroxylation is 2. The van der Waals surface area contributed by atoms with Crippen molar-refractivity contribution in [2.45, 2.75) is 69.9 Å². The number of imide groups is 1. The highest BCUT2D eigenvalue weighted by molar-refractivity contribution is 7.18. The lowest BCUT2D eigenvalue weighted by atomic mass is 9.82. The summed E-state index contributed by atoms with van der Waals surface area (Å²) < 4.78 is 1.24. The minimum absolute atomic E-state index is 0.254. The van der Waals surface area contributed by atoms with Gasteiger partial charge in [-0.05, 0) is 44.1 Å². The number of nitrogens with zero attached hydrogens (tertiary/aromatic N) is 3. The van der Waals surface area contributed by atoms with E-state index in [4.69, 9.17) is 0 Å². The Bertz CT molecular complexity index is 1110. The quantitative estimate of drug-likeness (QED) is 0.720. The van der Waals surface area contributed by atoms with Gasteiger partial charge in [0.05, 0.1) is 11.7 Å². The molecule has 0 bridgehead atoms. The van der Waals surface area contributed by atoms with E-state index >= 15 is 0 Å². The van der Waals surface area contributed by atoms with Gasteiger partial charge in [-0.1, -0.05) is 19.3 Å². The van der Waals surface area contributed by atoms with Gasteiger partial charge in [-0.3, -0.25) is 24.4 Å². The molecule has 5 rings (SSSR count). The zero-order chi connectivity index (χ0) is 20.9. The second-order valence-electron chi connectivity index (χ2n) is 8.32. The van der Waals surface area contributed by atoms with Crippen LogP contribution in [0.15, 0.2) is 11.1 Å². The highest BCUT2D eigenvalue weighted by Gasteiger charge is 2.52. The minimum atomic E-state index is -0.907. The van der Waals surface area contributed by atoms with Gasteiger partial charge < -0.3 is 5.32 Å². The molecule has 0 atom stereocenters. The summed E-state index contributed by atoms with van der Waals surface area (Å²) in [6.45, 7) is -0.309. The third-order valence-corrected chi connectivity index (χ3v) is 7.56. The smallest absolute Gasteiger partial charge is 0.322 e. The number of rotatable bonds is 3. The van der Waals surface area contributed by atoms with Gasteiger partial charge in [0.2, 0.25) is 0 Å². The van der Waals surface area contributed by atoms with Crippen molar-refractivity contribution in [3.05, 3.63) is 27.1 Å². The predicted octanol–water partition coefficient (Wildman–Crippen LogP) is 1.62. The molecule has 10 heteroatoms. The summed E-state index contributed by atoms with van der Waals surface area (Å²) in [5.41, 5.74) is 2.27. The molecule has 158 valence electrons. The summed E-state index contributed by atoms with van der Waals surface area (Å²) in [5, 5.41) is 4.11. The molecule has 2 aromatic rings. The predicted molar refractivity (Wildman–Crippen MR) is 110 cm³/mol. The SMILES string of the molecule is O=C(Cn1cnc2sc3c(c2c1=O)CCCC3)NN1C(=O)NC2(CCCCC2)C1=O. The van der Waals surface area contributed by atoms with Crippen LogP contribution in [0.4, 0.5) is 4.79 Å². The van der Waals surface area contributed by atoms with Crippen molar-refractivity contribution >= 4 is 39.4 Å². The molecular formula is C20H23N5O4S. The van der Waals surface area contributed by atoms with E-state index in [0.29, 0.717) is 23.1 Å². The van der Waals surface area contributed by atoms with Crippen LogP contribution in [-0.2, 0) is 29.0 Å². The van der Waals surface area contributed by atoms with E-state index < -0.39 is 23.4 Å². The minimum Gasteiger partial charge on any atom is -0.322 e. The van der Waals surface area contributed by atoms with Gasteiger partial charge in [0.15, 0.2) is 0 Å². The summed E-state index contributed by atoms with van der Waals surface area (Å²) >= 11 is 1.55. The van der Waals surface area contributed by atoms with Crippen LogP contribution in [0.5, 0.6) is 0 Å². The Hall–Kier alpha value is -2.75. The molecule has 9 nitrogen and oxygen atoms in total. The van der Waals surface area contributed by atoms with E-state index in [1.165, 1.54) is 15.8 Å². The van der Waals surface area contributed by atoms with E-state index in [2.05, 4.69) is 15.7 Å². The van der Waals surface area contributed by atoms with Gasteiger partial charge >= 0.3 is 6.03 Å². The molecule has 2 N–H and O–H groups in total. The molecule has 0 unspecified atom stereocenters. The van der Waals surface area contributed by atoms with E-state index in [1.807, 2.05) is 0 Å². The van der Waals surface area contributed by atoms with E-state index in [-0.39, 0.29) is 12.1 Å². The van der Waals surface area contributed by atoms with Gasteiger partial charge in [-0.15, -0.1) is 11.3 Å². The molecule has 30 heavy (non-hydrogen) atoms. The Morgan fingerprint density at radius 2 is 1.90 bits per heavy atom. The topological polar surface area (TPSA) is 113 Å². The van der Waals surface area contributed by atoms with Crippen molar-refractivity contribution in [3.8, 4) is 0 Å². The molecule has 3 heterocycles. The van der Waals surface area contributed by atoms with Crippen molar-refractivity contribution in [1.82, 2.24) is 25.3 Å². The number of aromatic nitrogens is 2. The lowest BCUT2D eigenvalue weighted by Gasteiger charge is -2.30. The Morgan fingerprint density at radius 3 is 2.70 bits per heavy atom. The number of hydrogen-bond acceptors (Lipinski definition) is 6. The second-order valence-corrected chi connectivity index (χ2v) is 9.40. The third kappa shape index (κ3) is 3.01. The fraction of sp³-hybridized carbons (Fsp3) is 0.550. The van der Waals surface area contributed by atoms with Crippen LogP contribution in [0.2, 0.25) is 0 Å². The van der Waals surface area contributed by atoms with Crippen molar-refractivity contribution in [1.29, 1.82) is 0 Å². The number of carbonyl (C=O) groups is 3. The molecule has 1 spiro atoms. The zero-order valence-electron chi connectivity index (χ0n) is 16.5. The van der Waals surface area contributed by atoms with Crippen molar-refractivity contribution in [2.75, 3.05) is 0 Å². The number of hydrogen-bond donors (Lipinski definition) is 2. The van der Waals surface area contributed by atoms with Gasteiger partial charge in [0.25, 0.3) is 17.4 Å². The van der Waals surface area contributed by atoms with Gasteiger partial charge in [0.1, 0.15) is 16.9 Å². The average Bonchev–Trinajstić information content (AvgIpc) is 3.22. The zero-order valence-corrected chi connectivity index (χ0v) is 17.3. The summed E-state index contributed by atoms with van der Waals surface area (Å²) in [6, 6.07) is -0.622. The van der Waals surface area contributed by atoms with Crippen molar-refractivity contribution in [3.63, 3.8) is 0 Å². The number of hydrazine groups is 1. The first-order valence-corrected chi connectivity index (χ1v) is 11.3. The van der Waals surface area contributed by atoms with E-state index in [0.717, 1.165) is 55.5 Å². The number of fused-ring (bicyclic) bond motifs is 3.